The minimum absolute atomic E-state index is 0.635. The van der Waals surface area contributed by atoms with Crippen molar-refractivity contribution in [1.29, 1.82) is 0 Å². The van der Waals surface area contributed by atoms with E-state index in [1.54, 1.807) is 6.26 Å². The molecule has 0 saturated heterocycles. The van der Waals surface area contributed by atoms with E-state index in [-0.39, 0.29) is 0 Å². The van der Waals surface area contributed by atoms with Crippen LogP contribution in [0.1, 0.15) is 38.8 Å². The highest BCUT2D eigenvalue weighted by Gasteiger charge is 2.26. The predicted octanol–water partition coefficient (Wildman–Crippen LogP) is 2.59. The summed E-state index contributed by atoms with van der Waals surface area (Å²) in [6, 6.07) is 2.56. The number of aromatic nitrogens is 1. The fourth-order valence-corrected chi connectivity index (χ4v) is 2.64. The standard InChI is InChI=1S/C12H20N2O/c1-9-4-3-5-10(2)12(9)13-8-11-6-7-15-14-11/h6-7,9-10,12-13H,3-5,8H2,1-2H3. The second-order valence-electron chi connectivity index (χ2n) is 4.78. The predicted molar refractivity (Wildman–Crippen MR) is 59.3 cm³/mol. The van der Waals surface area contributed by atoms with E-state index >= 15 is 0 Å². The summed E-state index contributed by atoms with van der Waals surface area (Å²) in [5.74, 6) is 1.56. The first-order valence-electron chi connectivity index (χ1n) is 5.90. The quantitative estimate of drug-likeness (QED) is 0.829. The molecule has 2 rings (SSSR count). The highest BCUT2D eigenvalue weighted by Crippen LogP contribution is 2.28. The lowest BCUT2D eigenvalue weighted by atomic mass is 9.79. The molecule has 3 heteroatoms. The maximum absolute atomic E-state index is 4.82. The Morgan fingerprint density at radius 2 is 2.13 bits per heavy atom. The molecule has 0 amide bonds. The Labute approximate surface area is 91.2 Å². The van der Waals surface area contributed by atoms with Crippen LogP contribution in [0.25, 0.3) is 0 Å². The summed E-state index contributed by atoms with van der Waals surface area (Å²) in [4.78, 5) is 0. The Morgan fingerprint density at radius 3 is 2.73 bits per heavy atom. The second-order valence-corrected chi connectivity index (χ2v) is 4.78. The molecule has 1 aromatic heterocycles. The van der Waals surface area contributed by atoms with E-state index < -0.39 is 0 Å². The van der Waals surface area contributed by atoms with Gasteiger partial charge in [-0.1, -0.05) is 25.4 Å². The van der Waals surface area contributed by atoms with E-state index in [1.165, 1.54) is 19.3 Å². The maximum Gasteiger partial charge on any atom is 0.124 e. The van der Waals surface area contributed by atoms with E-state index in [1.807, 2.05) is 6.07 Å². The van der Waals surface area contributed by atoms with Gasteiger partial charge in [-0.2, -0.15) is 0 Å². The third-order valence-electron chi connectivity index (χ3n) is 3.56. The molecule has 0 spiro atoms. The van der Waals surface area contributed by atoms with Crippen molar-refractivity contribution in [3.8, 4) is 0 Å². The van der Waals surface area contributed by atoms with Gasteiger partial charge >= 0.3 is 0 Å². The third kappa shape index (κ3) is 2.59. The van der Waals surface area contributed by atoms with Crippen molar-refractivity contribution in [2.24, 2.45) is 11.8 Å². The average Bonchev–Trinajstić information content (AvgIpc) is 2.70. The molecule has 15 heavy (non-hydrogen) atoms. The van der Waals surface area contributed by atoms with Gasteiger partial charge in [0.25, 0.3) is 0 Å². The number of hydrogen-bond donors (Lipinski definition) is 1. The molecule has 1 saturated carbocycles. The molecule has 84 valence electrons. The van der Waals surface area contributed by atoms with Crippen LogP contribution in [0.3, 0.4) is 0 Å². The lowest BCUT2D eigenvalue weighted by Gasteiger charge is -2.35. The zero-order chi connectivity index (χ0) is 10.7. The van der Waals surface area contributed by atoms with Crippen molar-refractivity contribution < 1.29 is 4.52 Å². The van der Waals surface area contributed by atoms with Crippen LogP contribution in [0.5, 0.6) is 0 Å². The van der Waals surface area contributed by atoms with Crippen LogP contribution in [-0.4, -0.2) is 11.2 Å². The zero-order valence-corrected chi connectivity index (χ0v) is 9.57. The minimum Gasteiger partial charge on any atom is -0.364 e. The number of nitrogens with one attached hydrogen (secondary N) is 1. The molecule has 1 aliphatic rings. The molecule has 2 atom stereocenters. The normalized spacial score (nSPS) is 31.7. The summed E-state index contributed by atoms with van der Waals surface area (Å²) >= 11 is 0. The van der Waals surface area contributed by atoms with Gasteiger partial charge in [0.05, 0.1) is 5.69 Å². The Balaban J connectivity index is 1.86. The highest BCUT2D eigenvalue weighted by molar-refractivity contribution is 4.96. The molecule has 0 aromatic carbocycles. The van der Waals surface area contributed by atoms with Gasteiger partial charge in [-0.15, -0.1) is 0 Å². The number of rotatable bonds is 3. The Hall–Kier alpha value is -0.830. The van der Waals surface area contributed by atoms with Crippen molar-refractivity contribution in [3.63, 3.8) is 0 Å². The van der Waals surface area contributed by atoms with Crippen LogP contribution in [0.15, 0.2) is 16.9 Å². The van der Waals surface area contributed by atoms with Gasteiger partial charge in [0, 0.05) is 18.7 Å². The maximum atomic E-state index is 4.82. The van der Waals surface area contributed by atoms with Crippen LogP contribution in [-0.2, 0) is 6.54 Å². The first-order chi connectivity index (χ1) is 7.27. The zero-order valence-electron chi connectivity index (χ0n) is 9.57. The van der Waals surface area contributed by atoms with Crippen LogP contribution in [0.4, 0.5) is 0 Å². The van der Waals surface area contributed by atoms with Gasteiger partial charge in [-0.3, -0.25) is 0 Å². The van der Waals surface area contributed by atoms with E-state index in [4.69, 9.17) is 4.52 Å². The fraction of sp³-hybridized carbons (Fsp3) is 0.750. The van der Waals surface area contributed by atoms with Crippen molar-refractivity contribution in [1.82, 2.24) is 10.5 Å². The molecule has 0 aliphatic heterocycles. The summed E-state index contributed by atoms with van der Waals surface area (Å²) in [5.41, 5.74) is 1.000. The van der Waals surface area contributed by atoms with Gasteiger partial charge < -0.3 is 9.84 Å². The number of nitrogens with zero attached hydrogens (tertiary/aromatic N) is 1. The molecule has 1 heterocycles. The second kappa shape index (κ2) is 4.79. The summed E-state index contributed by atoms with van der Waals surface area (Å²) < 4.78 is 4.82. The monoisotopic (exact) mass is 208 g/mol. The van der Waals surface area contributed by atoms with Crippen molar-refractivity contribution in [2.45, 2.75) is 45.7 Å². The van der Waals surface area contributed by atoms with Crippen molar-refractivity contribution in [3.05, 3.63) is 18.0 Å². The molecular weight excluding hydrogens is 188 g/mol. The Bertz CT molecular complexity index is 274. The van der Waals surface area contributed by atoms with Gasteiger partial charge in [-0.25, -0.2) is 0 Å². The van der Waals surface area contributed by atoms with Gasteiger partial charge in [0.1, 0.15) is 6.26 Å². The molecule has 1 N–H and O–H groups in total. The molecule has 1 aromatic rings. The van der Waals surface area contributed by atoms with Crippen LogP contribution in [0, 0.1) is 11.8 Å². The van der Waals surface area contributed by atoms with Crippen LogP contribution >= 0.6 is 0 Å². The molecular formula is C12H20N2O. The average molecular weight is 208 g/mol. The van der Waals surface area contributed by atoms with Crippen molar-refractivity contribution in [2.75, 3.05) is 0 Å². The summed E-state index contributed by atoms with van der Waals surface area (Å²) in [6.45, 7) is 5.52. The van der Waals surface area contributed by atoms with Crippen molar-refractivity contribution >= 4 is 0 Å². The Kier molecular flexibility index (Phi) is 3.41. The van der Waals surface area contributed by atoms with Gasteiger partial charge in [0.2, 0.25) is 0 Å². The molecule has 1 fully saturated rings. The van der Waals surface area contributed by atoms with Gasteiger partial charge in [0.15, 0.2) is 0 Å². The largest absolute Gasteiger partial charge is 0.364 e. The smallest absolute Gasteiger partial charge is 0.124 e. The molecule has 0 bridgehead atoms. The molecule has 3 nitrogen and oxygen atoms in total. The summed E-state index contributed by atoms with van der Waals surface area (Å²) in [7, 11) is 0. The molecule has 1 aliphatic carbocycles. The number of hydrogen-bond acceptors (Lipinski definition) is 3. The van der Waals surface area contributed by atoms with E-state index in [0.29, 0.717) is 6.04 Å². The topological polar surface area (TPSA) is 38.1 Å². The Morgan fingerprint density at radius 1 is 1.40 bits per heavy atom. The SMILES string of the molecule is CC1CCCC(C)C1NCc1ccon1. The van der Waals surface area contributed by atoms with E-state index in [0.717, 1.165) is 24.1 Å². The van der Waals surface area contributed by atoms with Gasteiger partial charge in [-0.05, 0) is 24.7 Å². The van der Waals surface area contributed by atoms with Crippen LogP contribution in [0.2, 0.25) is 0 Å². The summed E-state index contributed by atoms with van der Waals surface area (Å²) in [5, 5.41) is 7.51. The molecule has 0 radical (unpaired) electrons. The lowest BCUT2D eigenvalue weighted by Crippen LogP contribution is -2.42. The first kappa shape index (κ1) is 10.7. The minimum atomic E-state index is 0.635. The molecule has 2 unspecified atom stereocenters. The fourth-order valence-electron chi connectivity index (χ4n) is 2.64. The summed E-state index contributed by atoms with van der Waals surface area (Å²) in [6.07, 6.45) is 5.71. The highest BCUT2D eigenvalue weighted by atomic mass is 16.5. The first-order valence-corrected chi connectivity index (χ1v) is 5.90. The third-order valence-corrected chi connectivity index (χ3v) is 3.56. The van der Waals surface area contributed by atoms with E-state index in [2.05, 4.69) is 24.3 Å². The van der Waals surface area contributed by atoms with E-state index in [9.17, 15) is 0 Å². The van der Waals surface area contributed by atoms with Crippen LogP contribution < -0.4 is 5.32 Å². The lowest BCUT2D eigenvalue weighted by molar-refractivity contribution is 0.206.